The van der Waals surface area contributed by atoms with Crippen molar-refractivity contribution in [2.24, 2.45) is 0 Å². The highest BCUT2D eigenvalue weighted by atomic mass is 35.5. The zero-order valence-electron chi connectivity index (χ0n) is 9.68. The van der Waals surface area contributed by atoms with Crippen LogP contribution in [0.4, 0.5) is 4.79 Å². The van der Waals surface area contributed by atoms with E-state index < -0.39 is 0 Å². The summed E-state index contributed by atoms with van der Waals surface area (Å²) in [5.74, 6) is 1.51. The molecular formula is C12H14ClNO4. The number of alkyl carbamates (subject to hydrolysis) is 1. The lowest BCUT2D eigenvalue weighted by atomic mass is 10.0. The van der Waals surface area contributed by atoms with E-state index in [4.69, 9.17) is 14.2 Å². The maximum Gasteiger partial charge on any atom is 0.407 e. The number of fused-ring (bicyclic) bond motifs is 1. The first-order valence-corrected chi connectivity index (χ1v) is 5.66. The largest absolute Gasteiger partial charge is 0.486 e. The van der Waals surface area contributed by atoms with E-state index in [1.807, 2.05) is 18.2 Å². The highest BCUT2D eigenvalue weighted by Crippen LogP contribution is 2.33. The van der Waals surface area contributed by atoms with E-state index in [0.29, 0.717) is 19.8 Å². The molecule has 1 saturated heterocycles. The second-order valence-electron chi connectivity index (χ2n) is 4.02. The van der Waals surface area contributed by atoms with Crippen molar-refractivity contribution >= 4 is 18.5 Å². The number of nitrogens with one attached hydrogen (secondary N) is 1. The summed E-state index contributed by atoms with van der Waals surface area (Å²) in [7, 11) is 0. The number of carbonyl (C=O) groups excluding carboxylic acids is 1. The Bertz CT molecular complexity index is 452. The first kappa shape index (κ1) is 12.8. The van der Waals surface area contributed by atoms with E-state index in [2.05, 4.69) is 5.32 Å². The third-order valence-corrected chi connectivity index (χ3v) is 2.90. The van der Waals surface area contributed by atoms with Crippen molar-refractivity contribution in [3.63, 3.8) is 0 Å². The van der Waals surface area contributed by atoms with Crippen LogP contribution in [0, 0.1) is 0 Å². The van der Waals surface area contributed by atoms with Crippen molar-refractivity contribution in [1.82, 2.24) is 5.32 Å². The number of hydrogen-bond acceptors (Lipinski definition) is 4. The molecule has 1 fully saturated rings. The number of benzene rings is 1. The smallest absolute Gasteiger partial charge is 0.407 e. The number of cyclic esters (lactones) is 1. The average molecular weight is 272 g/mol. The second kappa shape index (κ2) is 5.35. The lowest BCUT2D eigenvalue weighted by Gasteiger charge is -2.25. The molecule has 18 heavy (non-hydrogen) atoms. The molecule has 1 N–H and O–H groups in total. The summed E-state index contributed by atoms with van der Waals surface area (Å²) >= 11 is 0. The Balaban J connectivity index is 0.00000120. The fraction of sp³-hybridized carbons (Fsp3) is 0.417. The van der Waals surface area contributed by atoms with Crippen LogP contribution < -0.4 is 14.8 Å². The Kier molecular flexibility index (Phi) is 3.81. The monoisotopic (exact) mass is 271 g/mol. The van der Waals surface area contributed by atoms with Gasteiger partial charge in [-0.1, -0.05) is 6.07 Å². The van der Waals surface area contributed by atoms with E-state index in [9.17, 15) is 4.79 Å². The Morgan fingerprint density at radius 1 is 1.06 bits per heavy atom. The van der Waals surface area contributed by atoms with Crippen molar-refractivity contribution in [1.29, 1.82) is 0 Å². The zero-order chi connectivity index (χ0) is 11.7. The van der Waals surface area contributed by atoms with Gasteiger partial charge in [-0.15, -0.1) is 12.4 Å². The van der Waals surface area contributed by atoms with Crippen LogP contribution in [0.15, 0.2) is 18.2 Å². The molecule has 5 nitrogen and oxygen atoms in total. The number of ether oxygens (including phenoxy) is 3. The van der Waals surface area contributed by atoms with Gasteiger partial charge in [0, 0.05) is 6.42 Å². The number of carbonyl (C=O) groups is 1. The number of rotatable bonds is 1. The third-order valence-electron chi connectivity index (χ3n) is 2.90. The van der Waals surface area contributed by atoms with Crippen LogP contribution in [0.1, 0.15) is 18.0 Å². The standard InChI is InChI=1S/C12H13NO4.ClH/c14-12-13-9(3-4-17-12)8-1-2-10-11(7-8)16-6-5-15-10;/h1-2,7,9H,3-6H2,(H,13,14);1H/t9-;/m0./s1. The lowest BCUT2D eigenvalue weighted by molar-refractivity contribution is 0.115. The molecule has 1 amide bonds. The molecule has 98 valence electrons. The molecule has 0 aliphatic carbocycles. The van der Waals surface area contributed by atoms with Crippen LogP contribution in [0.5, 0.6) is 11.5 Å². The molecule has 2 aliphatic rings. The van der Waals surface area contributed by atoms with E-state index in [1.54, 1.807) is 0 Å². The van der Waals surface area contributed by atoms with Gasteiger partial charge in [-0.05, 0) is 17.7 Å². The Hall–Kier alpha value is -1.62. The third kappa shape index (κ3) is 2.46. The van der Waals surface area contributed by atoms with Crippen molar-refractivity contribution in [3.8, 4) is 11.5 Å². The molecule has 0 spiro atoms. The van der Waals surface area contributed by atoms with Gasteiger partial charge >= 0.3 is 6.09 Å². The minimum absolute atomic E-state index is 0. The Labute approximate surface area is 111 Å². The molecule has 1 aromatic carbocycles. The molecule has 2 heterocycles. The van der Waals surface area contributed by atoms with E-state index in [-0.39, 0.29) is 24.5 Å². The molecule has 1 atom stereocenters. The summed E-state index contributed by atoms with van der Waals surface area (Å²) in [5.41, 5.74) is 1.02. The van der Waals surface area contributed by atoms with Gasteiger partial charge in [0.1, 0.15) is 13.2 Å². The highest BCUT2D eigenvalue weighted by molar-refractivity contribution is 5.85. The van der Waals surface area contributed by atoms with E-state index in [0.717, 1.165) is 23.5 Å². The normalized spacial score (nSPS) is 21.3. The van der Waals surface area contributed by atoms with Crippen molar-refractivity contribution in [3.05, 3.63) is 23.8 Å². The summed E-state index contributed by atoms with van der Waals surface area (Å²) in [6.07, 6.45) is 0.405. The maximum absolute atomic E-state index is 11.1. The molecule has 2 aliphatic heterocycles. The Morgan fingerprint density at radius 2 is 1.83 bits per heavy atom. The summed E-state index contributed by atoms with van der Waals surface area (Å²) < 4.78 is 15.8. The topological polar surface area (TPSA) is 56.8 Å². The van der Waals surface area contributed by atoms with Gasteiger partial charge in [0.05, 0.1) is 12.6 Å². The second-order valence-corrected chi connectivity index (χ2v) is 4.02. The lowest BCUT2D eigenvalue weighted by Crippen LogP contribution is -2.35. The molecular weight excluding hydrogens is 258 g/mol. The molecule has 3 rings (SSSR count). The number of hydrogen-bond donors (Lipinski definition) is 1. The van der Waals surface area contributed by atoms with Gasteiger partial charge in [0.25, 0.3) is 0 Å². The average Bonchev–Trinajstić information content (AvgIpc) is 2.38. The van der Waals surface area contributed by atoms with Crippen molar-refractivity contribution in [2.45, 2.75) is 12.5 Å². The minimum Gasteiger partial charge on any atom is -0.486 e. The summed E-state index contributed by atoms with van der Waals surface area (Å²) in [6.45, 7) is 1.60. The molecule has 0 unspecified atom stereocenters. The highest BCUT2D eigenvalue weighted by Gasteiger charge is 2.22. The number of halogens is 1. The summed E-state index contributed by atoms with van der Waals surface area (Å²) in [5, 5.41) is 2.78. The zero-order valence-corrected chi connectivity index (χ0v) is 10.5. The van der Waals surface area contributed by atoms with E-state index >= 15 is 0 Å². The van der Waals surface area contributed by atoms with Crippen LogP contribution in [-0.2, 0) is 4.74 Å². The van der Waals surface area contributed by atoms with Gasteiger partial charge in [-0.25, -0.2) is 4.79 Å². The van der Waals surface area contributed by atoms with Gasteiger partial charge in [0.2, 0.25) is 0 Å². The fourth-order valence-electron chi connectivity index (χ4n) is 2.05. The summed E-state index contributed by atoms with van der Waals surface area (Å²) in [4.78, 5) is 11.1. The van der Waals surface area contributed by atoms with Crippen LogP contribution in [0.25, 0.3) is 0 Å². The van der Waals surface area contributed by atoms with Crippen molar-refractivity contribution in [2.75, 3.05) is 19.8 Å². The number of amides is 1. The molecule has 0 aromatic heterocycles. The molecule has 0 radical (unpaired) electrons. The first-order chi connectivity index (χ1) is 8.33. The molecule has 0 saturated carbocycles. The maximum atomic E-state index is 11.1. The van der Waals surface area contributed by atoms with Gasteiger partial charge in [0.15, 0.2) is 11.5 Å². The van der Waals surface area contributed by atoms with Gasteiger partial charge in [-0.2, -0.15) is 0 Å². The van der Waals surface area contributed by atoms with Gasteiger partial charge < -0.3 is 19.5 Å². The van der Waals surface area contributed by atoms with Crippen molar-refractivity contribution < 1.29 is 19.0 Å². The molecule has 6 heteroatoms. The quantitative estimate of drug-likeness (QED) is 0.849. The SMILES string of the molecule is Cl.O=C1N[C@H](c2ccc3c(c2)OCCO3)CCO1. The van der Waals surface area contributed by atoms with Crippen LogP contribution >= 0.6 is 12.4 Å². The van der Waals surface area contributed by atoms with Gasteiger partial charge in [-0.3, -0.25) is 0 Å². The van der Waals surface area contributed by atoms with Crippen LogP contribution in [0.3, 0.4) is 0 Å². The van der Waals surface area contributed by atoms with Crippen LogP contribution in [-0.4, -0.2) is 25.9 Å². The summed E-state index contributed by atoms with van der Waals surface area (Å²) in [6, 6.07) is 5.74. The molecule has 1 aromatic rings. The van der Waals surface area contributed by atoms with Crippen LogP contribution in [0.2, 0.25) is 0 Å². The molecule has 0 bridgehead atoms. The minimum atomic E-state index is -0.365. The fourth-order valence-corrected chi connectivity index (χ4v) is 2.05. The first-order valence-electron chi connectivity index (χ1n) is 5.66. The predicted molar refractivity (Wildman–Crippen MR) is 66.5 cm³/mol. The van der Waals surface area contributed by atoms with E-state index in [1.165, 1.54) is 0 Å². The Morgan fingerprint density at radius 3 is 2.61 bits per heavy atom. The predicted octanol–water partition coefficient (Wildman–Crippen LogP) is 2.05.